The highest BCUT2D eigenvalue weighted by molar-refractivity contribution is 6.30. The molecule has 1 saturated carbocycles. The van der Waals surface area contributed by atoms with Crippen molar-refractivity contribution in [2.24, 2.45) is 11.8 Å². The van der Waals surface area contributed by atoms with Crippen molar-refractivity contribution in [2.45, 2.75) is 42.9 Å². The lowest BCUT2D eigenvalue weighted by atomic mass is 9.53. The van der Waals surface area contributed by atoms with E-state index < -0.39 is 0 Å². The molecule has 2 aromatic rings. The molecule has 3 saturated heterocycles. The molecule has 178 valence electrons. The predicted molar refractivity (Wildman–Crippen MR) is 132 cm³/mol. The van der Waals surface area contributed by atoms with Crippen LogP contribution in [-0.4, -0.2) is 60.6 Å². The number of halogens is 1. The van der Waals surface area contributed by atoms with Gasteiger partial charge in [0.2, 0.25) is 11.7 Å². The molecule has 5 nitrogen and oxygen atoms in total. The summed E-state index contributed by atoms with van der Waals surface area (Å²) in [6.07, 6.45) is 4.85. The highest BCUT2D eigenvalue weighted by Gasteiger charge is 2.76. The Morgan fingerprint density at radius 2 is 2.00 bits per heavy atom. The number of benzene rings is 2. The van der Waals surface area contributed by atoms with Crippen molar-refractivity contribution >= 4 is 29.0 Å². The maximum atomic E-state index is 13.7. The van der Waals surface area contributed by atoms with Crippen LogP contribution in [-0.2, 0) is 14.9 Å². The Bertz CT molecular complexity index is 1320. The Labute approximate surface area is 209 Å². The van der Waals surface area contributed by atoms with Crippen LogP contribution in [0.2, 0.25) is 5.02 Å². The van der Waals surface area contributed by atoms with E-state index in [1.165, 1.54) is 11.1 Å². The van der Waals surface area contributed by atoms with Crippen molar-refractivity contribution in [1.82, 2.24) is 0 Å². The number of rotatable bonds is 3. The van der Waals surface area contributed by atoms with E-state index in [-0.39, 0.29) is 29.3 Å². The van der Waals surface area contributed by atoms with Crippen molar-refractivity contribution in [3.05, 3.63) is 76.3 Å². The number of amides is 1. The lowest BCUT2D eigenvalue weighted by molar-refractivity contribution is -0.935. The lowest BCUT2D eigenvalue weighted by Crippen LogP contribution is -2.73. The number of quaternary nitrogens is 1. The van der Waals surface area contributed by atoms with Gasteiger partial charge in [-0.2, -0.15) is 0 Å². The fourth-order valence-corrected chi connectivity index (χ4v) is 9.34. The zero-order chi connectivity index (χ0) is 23.5. The molecular formula is C29H28ClN2O3+. The summed E-state index contributed by atoms with van der Waals surface area (Å²) >= 11 is 6.10. The first kappa shape index (κ1) is 20.7. The highest BCUT2D eigenvalue weighted by atomic mass is 35.5. The van der Waals surface area contributed by atoms with Crippen LogP contribution < -0.4 is 4.90 Å². The SMILES string of the molecule is O=C(C[N+]12CC[C@]34c5ccccc5N5C(=O)C[C@@H]6OCC=C(C1)[C@@H](C[C@@H]32)[C@@H]6[C@@H]54)c1ccc(Cl)cc1. The third kappa shape index (κ3) is 2.47. The van der Waals surface area contributed by atoms with Crippen molar-refractivity contribution in [1.29, 1.82) is 0 Å². The van der Waals surface area contributed by atoms with Crippen molar-refractivity contribution in [3.63, 3.8) is 0 Å². The van der Waals surface area contributed by atoms with Gasteiger partial charge in [0.05, 0.1) is 37.1 Å². The van der Waals surface area contributed by atoms with Gasteiger partial charge in [-0.1, -0.05) is 35.9 Å². The van der Waals surface area contributed by atoms with Gasteiger partial charge in [0, 0.05) is 35.0 Å². The minimum atomic E-state index is -0.106. The molecule has 0 N–H and O–H groups in total. The highest BCUT2D eigenvalue weighted by Crippen LogP contribution is 2.67. The van der Waals surface area contributed by atoms with Gasteiger partial charge < -0.3 is 14.1 Å². The van der Waals surface area contributed by atoms with Crippen LogP contribution in [0.3, 0.4) is 0 Å². The van der Waals surface area contributed by atoms with E-state index in [0.717, 1.165) is 41.7 Å². The number of nitrogens with zero attached hydrogens (tertiary/aromatic N) is 2. The van der Waals surface area contributed by atoms with E-state index in [0.29, 0.717) is 42.5 Å². The summed E-state index contributed by atoms with van der Waals surface area (Å²) in [7, 11) is 0. The van der Waals surface area contributed by atoms with E-state index in [9.17, 15) is 9.59 Å². The van der Waals surface area contributed by atoms with Crippen LogP contribution in [0.4, 0.5) is 5.69 Å². The second-order valence-corrected chi connectivity index (χ2v) is 11.9. The van der Waals surface area contributed by atoms with Crippen LogP contribution in [0.5, 0.6) is 0 Å². The molecule has 1 unspecified atom stereocenters. The summed E-state index contributed by atoms with van der Waals surface area (Å²) in [5.41, 5.74) is 4.52. The van der Waals surface area contributed by atoms with Gasteiger partial charge in [0.25, 0.3) is 0 Å². The van der Waals surface area contributed by atoms with E-state index in [1.807, 2.05) is 24.3 Å². The van der Waals surface area contributed by atoms with Gasteiger partial charge in [-0.05, 0) is 47.4 Å². The first-order valence-electron chi connectivity index (χ1n) is 12.9. The molecule has 0 aromatic heterocycles. The fourth-order valence-electron chi connectivity index (χ4n) is 9.21. The lowest BCUT2D eigenvalue weighted by Gasteiger charge is -2.60. The summed E-state index contributed by atoms with van der Waals surface area (Å²) < 4.78 is 7.18. The van der Waals surface area contributed by atoms with Crippen molar-refractivity contribution < 1.29 is 18.8 Å². The molecule has 2 aromatic carbocycles. The number of ether oxygens (including phenoxy) is 1. The predicted octanol–water partition coefficient (Wildman–Crippen LogP) is 4.14. The fraction of sp³-hybridized carbons (Fsp3) is 0.448. The van der Waals surface area contributed by atoms with Crippen LogP contribution >= 0.6 is 11.6 Å². The van der Waals surface area contributed by atoms with Crippen LogP contribution in [0, 0.1) is 11.8 Å². The van der Waals surface area contributed by atoms with E-state index >= 15 is 0 Å². The number of ketones is 1. The Balaban J connectivity index is 1.31. The zero-order valence-corrected chi connectivity index (χ0v) is 20.3. The van der Waals surface area contributed by atoms with Gasteiger partial charge in [0.15, 0.2) is 0 Å². The van der Waals surface area contributed by atoms with Crippen LogP contribution in [0.25, 0.3) is 0 Å². The quantitative estimate of drug-likeness (QED) is 0.371. The molecule has 8 rings (SSSR count). The maximum Gasteiger partial charge on any atom is 0.229 e. The number of carbonyl (C=O) groups is 2. The smallest absolute Gasteiger partial charge is 0.229 e. The Morgan fingerprint density at radius 1 is 1.17 bits per heavy atom. The molecule has 35 heavy (non-hydrogen) atoms. The zero-order valence-electron chi connectivity index (χ0n) is 19.5. The van der Waals surface area contributed by atoms with Gasteiger partial charge in [0.1, 0.15) is 19.1 Å². The first-order chi connectivity index (χ1) is 17.0. The third-order valence-electron chi connectivity index (χ3n) is 10.3. The number of anilines is 1. The average Bonchev–Trinajstić information content (AvgIpc) is 3.29. The van der Waals surface area contributed by atoms with Gasteiger partial charge >= 0.3 is 0 Å². The largest absolute Gasteiger partial charge is 0.373 e. The second-order valence-electron chi connectivity index (χ2n) is 11.5. The molecule has 6 aliphatic rings. The van der Waals surface area contributed by atoms with Gasteiger partial charge in [-0.25, -0.2) is 0 Å². The van der Waals surface area contributed by atoms with E-state index in [2.05, 4.69) is 35.2 Å². The summed E-state index contributed by atoms with van der Waals surface area (Å²) in [5.74, 6) is 1.15. The standard InChI is InChI=1S/C29H28ClN2O3/c30-19-7-5-17(6-8-19)23(33)16-32-11-10-29-21-3-1-2-4-22(21)31-26(34)14-24-27(28(29)31)20(13-25(29)32)18(15-32)9-12-35-24/h1-9,20,24-25,27-28H,10-16H2/q+1/t20-,24+,25+,27+,28-,29+,32?/m1/s1. The van der Waals surface area contributed by atoms with Crippen LogP contribution in [0.1, 0.15) is 35.2 Å². The number of hydrogen-bond donors (Lipinski definition) is 0. The average molecular weight is 488 g/mol. The Kier molecular flexibility index (Phi) is 4.05. The van der Waals surface area contributed by atoms with Gasteiger partial charge in [-0.15, -0.1) is 0 Å². The molecular weight excluding hydrogens is 460 g/mol. The monoisotopic (exact) mass is 487 g/mol. The topological polar surface area (TPSA) is 46.6 Å². The number of carbonyl (C=O) groups excluding carboxylic acids is 2. The molecule has 7 atom stereocenters. The molecule has 5 heterocycles. The number of Topliss-reactive ketones (excluding diaryl/α,β-unsaturated/α-hetero) is 1. The van der Waals surface area contributed by atoms with Crippen LogP contribution in [0.15, 0.2) is 60.2 Å². The number of fused-ring (bicyclic) bond motifs is 2. The number of hydrogen-bond acceptors (Lipinski definition) is 3. The molecule has 1 spiro atoms. The molecule has 6 heteroatoms. The van der Waals surface area contributed by atoms with Gasteiger partial charge in [-0.3, -0.25) is 9.59 Å². The normalized spacial score (nSPS) is 39.7. The van der Waals surface area contributed by atoms with E-state index in [4.69, 9.17) is 16.3 Å². The summed E-state index contributed by atoms with van der Waals surface area (Å²) in [6.45, 7) is 2.96. The number of piperidine rings is 2. The third-order valence-corrected chi connectivity index (χ3v) is 10.6. The summed E-state index contributed by atoms with van der Waals surface area (Å²) in [5, 5.41) is 0.649. The second kappa shape index (κ2) is 6.84. The van der Waals surface area contributed by atoms with Crippen molar-refractivity contribution in [2.75, 3.05) is 31.1 Å². The minimum absolute atomic E-state index is 0.00839. The molecule has 4 fully saturated rings. The Morgan fingerprint density at radius 3 is 2.86 bits per heavy atom. The molecule has 1 amide bonds. The molecule has 1 aliphatic carbocycles. The van der Waals surface area contributed by atoms with Crippen molar-refractivity contribution in [3.8, 4) is 0 Å². The summed E-state index contributed by atoms with van der Waals surface area (Å²) in [6, 6.07) is 16.4. The summed E-state index contributed by atoms with van der Waals surface area (Å²) in [4.78, 5) is 29.4. The minimum Gasteiger partial charge on any atom is -0.373 e. The molecule has 0 radical (unpaired) electrons. The Hall–Kier alpha value is -2.47. The molecule has 2 bridgehead atoms. The number of para-hydroxylation sites is 1. The maximum absolute atomic E-state index is 13.7. The first-order valence-corrected chi connectivity index (χ1v) is 13.3. The van der Waals surface area contributed by atoms with E-state index in [1.54, 1.807) is 0 Å². The molecule has 5 aliphatic heterocycles.